The van der Waals surface area contributed by atoms with Crippen molar-refractivity contribution in [3.63, 3.8) is 0 Å². The molecule has 0 spiro atoms. The van der Waals surface area contributed by atoms with Gasteiger partial charge >= 0.3 is 0 Å². The molecule has 4 rings (SSSR count). The van der Waals surface area contributed by atoms with Gasteiger partial charge < -0.3 is 9.84 Å². The zero-order valence-corrected chi connectivity index (χ0v) is 19.1. The van der Waals surface area contributed by atoms with Gasteiger partial charge in [0.25, 0.3) is 0 Å². The van der Waals surface area contributed by atoms with Crippen molar-refractivity contribution in [3.8, 4) is 5.75 Å². The highest BCUT2D eigenvalue weighted by atomic mass is 127. The van der Waals surface area contributed by atoms with E-state index >= 15 is 0 Å². The maximum atomic E-state index is 9.87. The van der Waals surface area contributed by atoms with E-state index in [4.69, 9.17) is 7.80 Å². The fraction of sp³-hybridized carbons (Fsp3) is 0.381. The van der Waals surface area contributed by atoms with Crippen LogP contribution in [0.25, 0.3) is 10.9 Å². The van der Waals surface area contributed by atoms with Gasteiger partial charge in [-0.3, -0.25) is 7.75 Å². The number of rotatable bonds is 7. The average molecular weight is 557 g/mol. The number of nitrogens with zero attached hydrogens (tertiary/aromatic N) is 2. The van der Waals surface area contributed by atoms with E-state index in [-0.39, 0.29) is 0 Å². The van der Waals surface area contributed by atoms with Crippen LogP contribution in [0.5, 0.6) is 5.75 Å². The fourth-order valence-electron chi connectivity index (χ4n) is 3.79. The second kappa shape index (κ2) is 9.11. The molecular formula is C21H22BrIN2O3. The van der Waals surface area contributed by atoms with Crippen molar-refractivity contribution in [3.05, 3.63) is 58.2 Å². The molecule has 1 aliphatic carbocycles. The van der Waals surface area contributed by atoms with Gasteiger partial charge in [-0.05, 0) is 49.1 Å². The van der Waals surface area contributed by atoms with E-state index in [0.29, 0.717) is 18.0 Å². The minimum Gasteiger partial charge on any atom is -0.493 e. The van der Waals surface area contributed by atoms with Crippen LogP contribution in [0.4, 0.5) is 0 Å². The van der Waals surface area contributed by atoms with E-state index < -0.39 is 6.29 Å². The van der Waals surface area contributed by atoms with Crippen molar-refractivity contribution in [2.24, 2.45) is 5.92 Å². The molecule has 0 bridgehead atoms. The molecule has 1 unspecified atom stereocenters. The fourth-order valence-corrected chi connectivity index (χ4v) is 4.50. The van der Waals surface area contributed by atoms with Gasteiger partial charge in [-0.25, -0.2) is 0 Å². The molecule has 1 atom stereocenters. The third kappa shape index (κ3) is 4.53. The normalized spacial score (nSPS) is 16.0. The van der Waals surface area contributed by atoms with Gasteiger partial charge in [-0.1, -0.05) is 34.8 Å². The molecule has 2 aromatic carbocycles. The third-order valence-corrected chi connectivity index (χ3v) is 6.30. The summed E-state index contributed by atoms with van der Waals surface area (Å²) in [7, 11) is 0. The van der Waals surface area contributed by atoms with Gasteiger partial charge in [0.05, 0.1) is 24.9 Å². The monoisotopic (exact) mass is 556 g/mol. The molecule has 3 aromatic rings. The molecule has 1 heterocycles. The minimum atomic E-state index is -0.936. The summed E-state index contributed by atoms with van der Waals surface area (Å²) in [5.74, 6) is 1.59. The molecular weight excluding hydrogens is 535 g/mol. The number of aromatic nitrogens is 2. The van der Waals surface area contributed by atoms with Crippen LogP contribution in [0.15, 0.2) is 47.1 Å². The van der Waals surface area contributed by atoms with Gasteiger partial charge in [0.1, 0.15) is 28.8 Å². The first kappa shape index (κ1) is 20.1. The number of aliphatic hydroxyl groups is 1. The smallest absolute Gasteiger partial charge is 0.192 e. The molecule has 28 heavy (non-hydrogen) atoms. The topological polar surface area (TPSA) is 56.5 Å². The maximum absolute atomic E-state index is 9.87. The summed E-state index contributed by atoms with van der Waals surface area (Å²) in [6.45, 7) is 1.40. The van der Waals surface area contributed by atoms with Crippen LogP contribution in [0.2, 0.25) is 0 Å². The third-order valence-electron chi connectivity index (χ3n) is 5.33. The van der Waals surface area contributed by atoms with E-state index in [0.717, 1.165) is 33.3 Å². The second-order valence-corrected chi connectivity index (χ2v) is 8.70. The predicted molar refractivity (Wildman–Crippen MR) is 120 cm³/mol. The van der Waals surface area contributed by atoms with E-state index in [1.54, 1.807) is 23.0 Å². The summed E-state index contributed by atoms with van der Waals surface area (Å²) in [6, 6.07) is 11.9. The summed E-state index contributed by atoms with van der Waals surface area (Å²) < 4.78 is 14.1. The summed E-state index contributed by atoms with van der Waals surface area (Å²) in [6.07, 6.45) is 6.05. The highest BCUT2D eigenvalue weighted by Crippen LogP contribution is 2.29. The largest absolute Gasteiger partial charge is 0.493 e. The summed E-state index contributed by atoms with van der Waals surface area (Å²) >= 11 is 5.27. The quantitative estimate of drug-likeness (QED) is 0.296. The second-order valence-electron chi connectivity index (χ2n) is 7.28. The predicted octanol–water partition coefficient (Wildman–Crippen LogP) is 5.77. The molecule has 1 N–H and O–H groups in total. The molecule has 0 amide bonds. The molecule has 1 fully saturated rings. The summed E-state index contributed by atoms with van der Waals surface area (Å²) in [5, 5.41) is 15.4. The van der Waals surface area contributed by atoms with Crippen LogP contribution < -0.4 is 4.74 Å². The lowest BCUT2D eigenvalue weighted by Crippen LogP contribution is -2.10. The molecule has 0 saturated heterocycles. The standard InChI is InChI=1S/C21H22BrIN2O3/c22-18-6-8-20(27-13-14-3-1-2-4-14)17(10-18)12-25-19-7-5-15(21(26)28-23)9-16(19)11-24-25/h5-11,14,21,26H,1-4,12-13H2. The first-order valence-corrected chi connectivity index (χ1v) is 11.1. The van der Waals surface area contributed by atoms with Crippen LogP contribution in [-0.2, 0) is 9.61 Å². The van der Waals surface area contributed by atoms with Crippen molar-refractivity contribution in [1.29, 1.82) is 0 Å². The Balaban J connectivity index is 1.57. The number of aliphatic hydroxyl groups excluding tert-OH is 1. The van der Waals surface area contributed by atoms with Gasteiger partial charge in [0.2, 0.25) is 0 Å². The molecule has 1 aliphatic rings. The van der Waals surface area contributed by atoms with Crippen molar-refractivity contribution in [1.82, 2.24) is 9.78 Å². The van der Waals surface area contributed by atoms with Crippen LogP contribution in [0.1, 0.15) is 43.1 Å². The molecule has 0 radical (unpaired) electrons. The number of hydrogen-bond acceptors (Lipinski definition) is 4. The average Bonchev–Trinajstić information content (AvgIpc) is 3.36. The minimum absolute atomic E-state index is 0.619. The molecule has 5 nitrogen and oxygen atoms in total. The Kier molecular flexibility index (Phi) is 6.55. The summed E-state index contributed by atoms with van der Waals surface area (Å²) in [5.41, 5.74) is 2.81. The number of fused-ring (bicyclic) bond motifs is 1. The SMILES string of the molecule is OC(OI)c1ccc2c(cnn2Cc2cc(Br)ccc2OCC2CCCC2)c1. The van der Waals surface area contributed by atoms with Crippen LogP contribution in [0.3, 0.4) is 0 Å². The van der Waals surface area contributed by atoms with E-state index in [1.807, 2.05) is 41.2 Å². The number of halogens is 2. The van der Waals surface area contributed by atoms with Crippen LogP contribution in [0, 0.1) is 5.92 Å². The Hall–Kier alpha value is -1.16. The Bertz CT molecular complexity index is 956. The summed E-state index contributed by atoms with van der Waals surface area (Å²) in [4.78, 5) is 0. The van der Waals surface area contributed by atoms with Gasteiger partial charge in [0.15, 0.2) is 6.29 Å². The van der Waals surface area contributed by atoms with E-state index in [1.165, 1.54) is 25.7 Å². The number of ether oxygens (including phenoxy) is 1. The molecule has 7 heteroatoms. The molecule has 148 valence electrons. The first-order valence-electron chi connectivity index (χ1n) is 9.46. The molecule has 0 aliphatic heterocycles. The van der Waals surface area contributed by atoms with Crippen LogP contribution in [-0.4, -0.2) is 21.5 Å². The lowest BCUT2D eigenvalue weighted by Gasteiger charge is -2.15. The van der Waals surface area contributed by atoms with Crippen molar-refractivity contribution in [2.45, 2.75) is 38.5 Å². The van der Waals surface area contributed by atoms with Gasteiger partial charge in [-0.2, -0.15) is 5.10 Å². The molecule has 1 saturated carbocycles. The lowest BCUT2D eigenvalue weighted by molar-refractivity contribution is 0.0169. The molecule has 1 aromatic heterocycles. The van der Waals surface area contributed by atoms with Crippen molar-refractivity contribution >= 4 is 49.8 Å². The number of hydrogen-bond donors (Lipinski definition) is 1. The Morgan fingerprint density at radius 3 is 2.82 bits per heavy atom. The number of benzene rings is 2. The van der Waals surface area contributed by atoms with Gasteiger partial charge in [0, 0.05) is 21.0 Å². The maximum Gasteiger partial charge on any atom is 0.192 e. The highest BCUT2D eigenvalue weighted by molar-refractivity contribution is 14.1. The highest BCUT2D eigenvalue weighted by Gasteiger charge is 2.17. The Morgan fingerprint density at radius 2 is 2.04 bits per heavy atom. The first-order chi connectivity index (χ1) is 13.6. The van der Waals surface area contributed by atoms with Crippen molar-refractivity contribution in [2.75, 3.05) is 6.61 Å². The Labute approximate surface area is 186 Å². The van der Waals surface area contributed by atoms with Crippen LogP contribution >= 0.6 is 38.9 Å². The zero-order chi connectivity index (χ0) is 19.5. The van der Waals surface area contributed by atoms with Crippen molar-refractivity contribution < 1.29 is 12.9 Å². The van der Waals surface area contributed by atoms with E-state index in [9.17, 15) is 5.11 Å². The van der Waals surface area contributed by atoms with Gasteiger partial charge in [-0.15, -0.1) is 0 Å². The Morgan fingerprint density at radius 1 is 1.21 bits per heavy atom. The zero-order valence-electron chi connectivity index (χ0n) is 15.4. The van der Waals surface area contributed by atoms with E-state index in [2.05, 4.69) is 27.1 Å². The lowest BCUT2D eigenvalue weighted by atomic mass is 10.1.